The molecule has 0 aliphatic rings. The molecule has 146 valence electrons. The Hall–Kier alpha value is -2.86. The minimum Gasteiger partial charge on any atom is -0.458 e. The summed E-state index contributed by atoms with van der Waals surface area (Å²) >= 11 is 5.97. The lowest BCUT2D eigenvalue weighted by atomic mass is 9.99. The predicted molar refractivity (Wildman–Crippen MR) is 107 cm³/mol. The van der Waals surface area contributed by atoms with Gasteiger partial charge in [-0.3, -0.25) is 4.79 Å². The number of benzene rings is 1. The van der Waals surface area contributed by atoms with Crippen LogP contribution in [0.1, 0.15) is 36.3 Å². The van der Waals surface area contributed by atoms with Gasteiger partial charge in [0.25, 0.3) is 5.91 Å². The molecule has 0 radical (unpaired) electrons. The van der Waals surface area contributed by atoms with E-state index in [4.69, 9.17) is 16.3 Å². The lowest BCUT2D eigenvalue weighted by Crippen LogP contribution is -2.45. The van der Waals surface area contributed by atoms with E-state index in [0.29, 0.717) is 21.9 Å². The Morgan fingerprint density at radius 2 is 1.93 bits per heavy atom. The average molecular weight is 400 g/mol. The van der Waals surface area contributed by atoms with Crippen LogP contribution in [0.25, 0.3) is 5.65 Å². The highest BCUT2D eigenvalue weighted by atomic mass is 35.5. The van der Waals surface area contributed by atoms with E-state index in [1.54, 1.807) is 53.2 Å². The summed E-state index contributed by atoms with van der Waals surface area (Å²) in [6.07, 6.45) is 4.22. The number of nitrogens with one attached hydrogen (secondary N) is 1. The Kier molecular flexibility index (Phi) is 6.31. The number of rotatable bonds is 7. The second kappa shape index (κ2) is 8.89. The molecule has 3 rings (SSSR count). The maximum atomic E-state index is 12.7. The van der Waals surface area contributed by atoms with Gasteiger partial charge in [-0.1, -0.05) is 50.1 Å². The maximum absolute atomic E-state index is 12.7. The van der Waals surface area contributed by atoms with Crippen molar-refractivity contribution in [3.63, 3.8) is 0 Å². The Morgan fingerprint density at radius 1 is 1.18 bits per heavy atom. The van der Waals surface area contributed by atoms with Gasteiger partial charge in [0.15, 0.2) is 0 Å². The van der Waals surface area contributed by atoms with Crippen LogP contribution in [0.4, 0.5) is 0 Å². The molecule has 0 unspecified atom stereocenters. The highest BCUT2D eigenvalue weighted by Gasteiger charge is 2.28. The van der Waals surface area contributed by atoms with Crippen LogP contribution in [0, 0.1) is 5.92 Å². The Balaban J connectivity index is 1.67. The van der Waals surface area contributed by atoms with Crippen molar-refractivity contribution >= 4 is 29.1 Å². The predicted octanol–water partition coefficient (Wildman–Crippen LogP) is 3.88. The van der Waals surface area contributed by atoms with Gasteiger partial charge in [0.2, 0.25) is 0 Å². The van der Waals surface area contributed by atoms with E-state index in [-0.39, 0.29) is 18.4 Å². The van der Waals surface area contributed by atoms with Crippen LogP contribution in [-0.4, -0.2) is 27.3 Å². The molecule has 2 heterocycles. The molecule has 7 heteroatoms. The lowest BCUT2D eigenvalue weighted by molar-refractivity contribution is -0.148. The van der Waals surface area contributed by atoms with Gasteiger partial charge in [0.05, 0.1) is 10.7 Å². The molecule has 3 aromatic rings. The van der Waals surface area contributed by atoms with Crippen LogP contribution in [0.5, 0.6) is 0 Å². The van der Waals surface area contributed by atoms with Crippen molar-refractivity contribution in [1.82, 2.24) is 14.7 Å². The second-order valence-corrected chi connectivity index (χ2v) is 7.09. The summed E-state index contributed by atoms with van der Waals surface area (Å²) < 4.78 is 7.22. The van der Waals surface area contributed by atoms with E-state index in [1.165, 1.54) is 0 Å². The zero-order chi connectivity index (χ0) is 20.1. The summed E-state index contributed by atoms with van der Waals surface area (Å²) in [6, 6.07) is 11.6. The molecule has 0 saturated carbocycles. The SMILES string of the molecule is CC[C@H](C)[C@@H](NC(=O)c1ccccc1)C(=O)OCc1cn2cc(Cl)ccc2n1. The maximum Gasteiger partial charge on any atom is 0.329 e. The largest absolute Gasteiger partial charge is 0.458 e. The number of hydrogen-bond donors (Lipinski definition) is 1. The van der Waals surface area contributed by atoms with Crippen LogP contribution >= 0.6 is 11.6 Å². The Bertz CT molecular complexity index is 971. The molecule has 2 atom stereocenters. The third kappa shape index (κ3) is 4.70. The van der Waals surface area contributed by atoms with Crippen molar-refractivity contribution in [2.45, 2.75) is 32.9 Å². The Morgan fingerprint density at radius 3 is 2.64 bits per heavy atom. The molecule has 0 aliphatic carbocycles. The second-order valence-electron chi connectivity index (χ2n) is 6.66. The summed E-state index contributed by atoms with van der Waals surface area (Å²) in [5, 5.41) is 3.39. The van der Waals surface area contributed by atoms with Gasteiger partial charge in [-0.05, 0) is 30.2 Å². The monoisotopic (exact) mass is 399 g/mol. The first-order chi connectivity index (χ1) is 13.5. The van der Waals surface area contributed by atoms with Crippen molar-refractivity contribution in [3.05, 3.63) is 71.1 Å². The fourth-order valence-corrected chi connectivity index (χ4v) is 2.97. The first-order valence-electron chi connectivity index (χ1n) is 9.13. The van der Waals surface area contributed by atoms with Gasteiger partial charge in [0.1, 0.15) is 18.3 Å². The fourth-order valence-electron chi connectivity index (χ4n) is 2.80. The molecule has 0 fully saturated rings. The molecular formula is C21H22ClN3O3. The topological polar surface area (TPSA) is 72.7 Å². The number of hydrogen-bond acceptors (Lipinski definition) is 4. The van der Waals surface area contributed by atoms with Gasteiger partial charge in [-0.2, -0.15) is 0 Å². The van der Waals surface area contributed by atoms with Gasteiger partial charge in [-0.15, -0.1) is 0 Å². The summed E-state index contributed by atoms with van der Waals surface area (Å²) in [7, 11) is 0. The number of carbonyl (C=O) groups is 2. The number of amides is 1. The Labute approximate surface area is 168 Å². The molecule has 0 saturated heterocycles. The number of nitrogens with zero attached hydrogens (tertiary/aromatic N) is 2. The molecule has 1 aromatic carbocycles. The molecule has 0 spiro atoms. The minimum atomic E-state index is -0.732. The first-order valence-corrected chi connectivity index (χ1v) is 9.51. The quantitative estimate of drug-likeness (QED) is 0.612. The van der Waals surface area contributed by atoms with Gasteiger partial charge in [-0.25, -0.2) is 9.78 Å². The van der Waals surface area contributed by atoms with Crippen LogP contribution in [0.2, 0.25) is 5.02 Å². The number of pyridine rings is 1. The van der Waals surface area contributed by atoms with Gasteiger partial charge >= 0.3 is 5.97 Å². The fraction of sp³-hybridized carbons (Fsp3) is 0.286. The number of halogens is 1. The van der Waals surface area contributed by atoms with E-state index >= 15 is 0 Å². The van der Waals surface area contributed by atoms with Crippen LogP contribution < -0.4 is 5.32 Å². The van der Waals surface area contributed by atoms with E-state index in [9.17, 15) is 9.59 Å². The number of esters is 1. The van der Waals surface area contributed by atoms with Gasteiger partial charge < -0.3 is 14.5 Å². The summed E-state index contributed by atoms with van der Waals surface area (Å²) in [5.41, 5.74) is 1.82. The smallest absolute Gasteiger partial charge is 0.329 e. The third-order valence-corrected chi connectivity index (χ3v) is 4.84. The van der Waals surface area contributed by atoms with Crippen molar-refractivity contribution in [2.24, 2.45) is 5.92 Å². The van der Waals surface area contributed by atoms with E-state index in [1.807, 2.05) is 19.9 Å². The van der Waals surface area contributed by atoms with Crippen molar-refractivity contribution in [1.29, 1.82) is 0 Å². The summed E-state index contributed by atoms with van der Waals surface area (Å²) in [4.78, 5) is 29.5. The van der Waals surface area contributed by atoms with Crippen molar-refractivity contribution < 1.29 is 14.3 Å². The third-order valence-electron chi connectivity index (χ3n) is 4.62. The normalized spacial score (nSPS) is 13.1. The number of carbonyl (C=O) groups excluding carboxylic acids is 2. The molecule has 6 nitrogen and oxygen atoms in total. The number of ether oxygens (including phenoxy) is 1. The van der Waals surface area contributed by atoms with E-state index in [0.717, 1.165) is 6.42 Å². The summed E-state index contributed by atoms with van der Waals surface area (Å²) in [5.74, 6) is -0.848. The van der Waals surface area contributed by atoms with Crippen molar-refractivity contribution in [3.8, 4) is 0 Å². The first kappa shape index (κ1) is 19.9. The molecule has 28 heavy (non-hydrogen) atoms. The van der Waals surface area contributed by atoms with E-state index in [2.05, 4.69) is 10.3 Å². The van der Waals surface area contributed by atoms with Crippen molar-refractivity contribution in [2.75, 3.05) is 0 Å². The van der Waals surface area contributed by atoms with Crippen LogP contribution in [0.3, 0.4) is 0 Å². The average Bonchev–Trinajstić information content (AvgIpc) is 3.12. The zero-order valence-electron chi connectivity index (χ0n) is 15.8. The van der Waals surface area contributed by atoms with Crippen LogP contribution in [-0.2, 0) is 16.1 Å². The molecular weight excluding hydrogens is 378 g/mol. The van der Waals surface area contributed by atoms with Gasteiger partial charge in [0, 0.05) is 18.0 Å². The molecule has 2 aromatic heterocycles. The molecule has 1 amide bonds. The standard InChI is InChI=1S/C21H22ClN3O3/c1-3-14(2)19(24-20(26)15-7-5-4-6-8-15)21(27)28-13-17-12-25-11-16(22)9-10-18(25)23-17/h4-12,14,19H,3,13H2,1-2H3,(H,24,26)/t14-,19+/m0/s1. The lowest BCUT2D eigenvalue weighted by Gasteiger charge is -2.22. The highest BCUT2D eigenvalue weighted by Crippen LogP contribution is 2.14. The molecule has 0 aliphatic heterocycles. The van der Waals surface area contributed by atoms with E-state index < -0.39 is 12.0 Å². The summed E-state index contributed by atoms with van der Waals surface area (Å²) in [6.45, 7) is 3.89. The highest BCUT2D eigenvalue weighted by molar-refractivity contribution is 6.30. The van der Waals surface area contributed by atoms with Crippen LogP contribution in [0.15, 0.2) is 54.9 Å². The number of imidazole rings is 1. The number of fused-ring (bicyclic) bond motifs is 1. The zero-order valence-corrected chi connectivity index (χ0v) is 16.5. The number of aromatic nitrogens is 2. The molecule has 0 bridgehead atoms. The molecule has 1 N–H and O–H groups in total. The minimum absolute atomic E-state index is 0.0201.